The van der Waals surface area contributed by atoms with Crippen LogP contribution in [-0.2, 0) is 10.3 Å². The topological polar surface area (TPSA) is 73.6 Å². The van der Waals surface area contributed by atoms with Gasteiger partial charge in [0.05, 0.1) is 6.61 Å². The molecule has 1 aromatic carbocycles. The molecule has 1 unspecified atom stereocenters. The highest BCUT2D eigenvalue weighted by Crippen LogP contribution is 2.49. The lowest BCUT2D eigenvalue weighted by atomic mass is 9.85. The first-order valence-electron chi connectivity index (χ1n) is 5.99. The Hall–Kier alpha value is -1.55. The van der Waals surface area contributed by atoms with Crippen LogP contribution in [0.2, 0.25) is 0 Å². The van der Waals surface area contributed by atoms with Crippen LogP contribution >= 0.6 is 0 Å². The molecule has 1 aliphatic heterocycles. The van der Waals surface area contributed by atoms with E-state index >= 15 is 0 Å². The fourth-order valence-corrected chi connectivity index (χ4v) is 2.59. The van der Waals surface area contributed by atoms with Crippen LogP contribution in [-0.4, -0.2) is 19.0 Å². The third-order valence-corrected chi connectivity index (χ3v) is 3.55. The summed E-state index contributed by atoms with van der Waals surface area (Å²) in [5.41, 5.74) is 13.3. The van der Waals surface area contributed by atoms with Gasteiger partial charge in [0.2, 0.25) is 0 Å². The Morgan fingerprint density at radius 3 is 2.76 bits per heavy atom. The third-order valence-electron chi connectivity index (χ3n) is 3.55. The summed E-state index contributed by atoms with van der Waals surface area (Å²) >= 11 is 0. The van der Waals surface area contributed by atoms with Gasteiger partial charge in [-0.2, -0.15) is 0 Å². The van der Waals surface area contributed by atoms with E-state index in [0.717, 1.165) is 11.3 Å². The van der Waals surface area contributed by atoms with Crippen LogP contribution in [0.15, 0.2) is 29.3 Å². The van der Waals surface area contributed by atoms with Gasteiger partial charge in [-0.15, -0.1) is 0 Å². The molecule has 0 bridgehead atoms. The second kappa shape index (κ2) is 3.74. The van der Waals surface area contributed by atoms with Gasteiger partial charge in [0.15, 0.2) is 0 Å². The number of rotatable bonds is 2. The molecule has 1 heterocycles. The highest BCUT2D eigenvalue weighted by atomic mass is 16.5. The van der Waals surface area contributed by atoms with E-state index in [0.29, 0.717) is 25.0 Å². The average Bonchev–Trinajstić information content (AvgIpc) is 3.13. The maximum absolute atomic E-state index is 5.86. The Balaban J connectivity index is 2.08. The minimum absolute atomic E-state index is 0.294. The van der Waals surface area contributed by atoms with Crippen molar-refractivity contribution >= 4 is 11.5 Å². The van der Waals surface area contributed by atoms with Crippen molar-refractivity contribution in [2.24, 2.45) is 16.6 Å². The van der Waals surface area contributed by atoms with Gasteiger partial charge >= 0.3 is 0 Å². The second-order valence-electron chi connectivity index (χ2n) is 4.92. The maximum Gasteiger partial charge on any atom is 0.121 e. The van der Waals surface area contributed by atoms with Crippen LogP contribution in [0.25, 0.3) is 0 Å². The molecule has 4 heteroatoms. The first kappa shape index (κ1) is 10.6. The maximum atomic E-state index is 5.86. The summed E-state index contributed by atoms with van der Waals surface area (Å²) in [6.07, 6.45) is 2.38. The number of nitrogens with zero attached hydrogens (tertiary/aromatic N) is 1. The molecule has 90 valence electrons. The van der Waals surface area contributed by atoms with E-state index in [2.05, 4.69) is 6.07 Å². The van der Waals surface area contributed by atoms with E-state index in [-0.39, 0.29) is 5.54 Å². The van der Waals surface area contributed by atoms with Crippen molar-refractivity contribution in [3.63, 3.8) is 0 Å². The van der Waals surface area contributed by atoms with Gasteiger partial charge in [-0.3, -0.25) is 4.99 Å². The standard InChI is InChI=1S/C13H17N3O/c14-11-3-1-2-10(6-11)13(9-4-5-9)8-17-7-12(15)16-13/h1-3,6,9H,4-5,7-8,14H2,(H2,15,16). The molecule has 0 amide bonds. The van der Waals surface area contributed by atoms with E-state index in [4.69, 9.17) is 21.2 Å². The number of anilines is 1. The van der Waals surface area contributed by atoms with Crippen LogP contribution in [0.5, 0.6) is 0 Å². The van der Waals surface area contributed by atoms with Crippen molar-refractivity contribution in [2.75, 3.05) is 18.9 Å². The van der Waals surface area contributed by atoms with Gasteiger partial charge in [0.1, 0.15) is 18.0 Å². The highest BCUT2D eigenvalue weighted by Gasteiger charge is 2.48. The minimum atomic E-state index is -0.294. The van der Waals surface area contributed by atoms with Crippen molar-refractivity contribution in [1.29, 1.82) is 0 Å². The molecule has 0 radical (unpaired) electrons. The lowest BCUT2D eigenvalue weighted by Gasteiger charge is -2.34. The lowest BCUT2D eigenvalue weighted by molar-refractivity contribution is 0.0860. The predicted octanol–water partition coefficient (Wildman–Crippen LogP) is 1.26. The molecule has 0 spiro atoms. The third kappa shape index (κ3) is 1.78. The molecule has 4 N–H and O–H groups in total. The van der Waals surface area contributed by atoms with E-state index in [1.54, 1.807) is 0 Å². The number of benzene rings is 1. The molecular formula is C13H17N3O. The molecular weight excluding hydrogens is 214 g/mol. The number of nitrogen functional groups attached to an aromatic ring is 1. The summed E-state index contributed by atoms with van der Waals surface area (Å²) in [7, 11) is 0. The first-order chi connectivity index (χ1) is 8.21. The first-order valence-corrected chi connectivity index (χ1v) is 5.99. The van der Waals surface area contributed by atoms with Crippen LogP contribution in [0.3, 0.4) is 0 Å². The molecule has 1 aliphatic carbocycles. The Morgan fingerprint density at radius 2 is 2.12 bits per heavy atom. The smallest absolute Gasteiger partial charge is 0.121 e. The number of aliphatic imine (C=N–C) groups is 1. The van der Waals surface area contributed by atoms with Crippen molar-refractivity contribution in [3.8, 4) is 0 Å². The second-order valence-corrected chi connectivity index (χ2v) is 4.92. The number of hydrogen-bond donors (Lipinski definition) is 2. The number of nitrogens with two attached hydrogens (primary N) is 2. The fraction of sp³-hybridized carbons (Fsp3) is 0.462. The fourth-order valence-electron chi connectivity index (χ4n) is 2.59. The van der Waals surface area contributed by atoms with Crippen molar-refractivity contribution in [1.82, 2.24) is 0 Å². The summed E-state index contributed by atoms with van der Waals surface area (Å²) in [6.45, 7) is 1.05. The van der Waals surface area contributed by atoms with E-state index in [1.807, 2.05) is 18.2 Å². The molecule has 3 rings (SSSR count). The van der Waals surface area contributed by atoms with Gasteiger partial charge in [-0.25, -0.2) is 0 Å². The summed E-state index contributed by atoms with van der Waals surface area (Å²) in [5, 5.41) is 0. The van der Waals surface area contributed by atoms with Crippen molar-refractivity contribution in [3.05, 3.63) is 29.8 Å². The van der Waals surface area contributed by atoms with E-state index in [9.17, 15) is 0 Å². The van der Waals surface area contributed by atoms with Gasteiger partial charge in [0, 0.05) is 5.69 Å². The van der Waals surface area contributed by atoms with E-state index in [1.165, 1.54) is 12.8 Å². The summed E-state index contributed by atoms with van der Waals surface area (Å²) in [5.74, 6) is 1.13. The molecule has 0 saturated heterocycles. The van der Waals surface area contributed by atoms with Crippen LogP contribution < -0.4 is 11.5 Å². The monoisotopic (exact) mass is 231 g/mol. The largest absolute Gasteiger partial charge is 0.399 e. The summed E-state index contributed by atoms with van der Waals surface area (Å²) in [4.78, 5) is 4.70. The average molecular weight is 231 g/mol. The molecule has 1 aromatic rings. The highest BCUT2D eigenvalue weighted by molar-refractivity contribution is 5.82. The Labute approximate surface area is 101 Å². The van der Waals surface area contributed by atoms with Crippen LogP contribution in [0.1, 0.15) is 18.4 Å². The zero-order valence-corrected chi connectivity index (χ0v) is 9.73. The number of ether oxygens (including phenoxy) is 1. The van der Waals surface area contributed by atoms with Crippen LogP contribution in [0, 0.1) is 5.92 Å². The van der Waals surface area contributed by atoms with Crippen molar-refractivity contribution < 1.29 is 4.74 Å². The number of hydrogen-bond acceptors (Lipinski definition) is 4. The quantitative estimate of drug-likeness (QED) is 0.752. The van der Waals surface area contributed by atoms with Gasteiger partial charge in [0.25, 0.3) is 0 Å². The Bertz CT molecular complexity index is 467. The van der Waals surface area contributed by atoms with Gasteiger partial charge in [-0.05, 0) is 36.5 Å². The van der Waals surface area contributed by atoms with Gasteiger partial charge in [-0.1, -0.05) is 12.1 Å². The predicted molar refractivity (Wildman–Crippen MR) is 67.7 cm³/mol. The molecule has 2 aliphatic rings. The Kier molecular flexibility index (Phi) is 2.33. The molecule has 4 nitrogen and oxygen atoms in total. The van der Waals surface area contributed by atoms with E-state index < -0.39 is 0 Å². The number of amidine groups is 1. The normalized spacial score (nSPS) is 28.8. The molecule has 1 saturated carbocycles. The Morgan fingerprint density at radius 1 is 1.29 bits per heavy atom. The molecule has 17 heavy (non-hydrogen) atoms. The lowest BCUT2D eigenvalue weighted by Crippen LogP contribution is -2.41. The summed E-state index contributed by atoms with van der Waals surface area (Å²) in [6, 6.07) is 7.92. The SMILES string of the molecule is NC1=NC(c2cccc(N)c2)(C2CC2)COC1. The van der Waals surface area contributed by atoms with Crippen molar-refractivity contribution in [2.45, 2.75) is 18.4 Å². The molecule has 0 aromatic heterocycles. The summed E-state index contributed by atoms with van der Waals surface area (Å²) < 4.78 is 5.60. The molecule has 1 fully saturated rings. The minimum Gasteiger partial charge on any atom is -0.399 e. The zero-order chi connectivity index (χ0) is 11.9. The van der Waals surface area contributed by atoms with Crippen LogP contribution in [0.4, 0.5) is 5.69 Å². The molecule has 1 atom stereocenters. The zero-order valence-electron chi connectivity index (χ0n) is 9.73. The van der Waals surface area contributed by atoms with Gasteiger partial charge < -0.3 is 16.2 Å².